The first-order valence-electron chi connectivity index (χ1n) is 7.44. The maximum absolute atomic E-state index is 13.1. The molecule has 0 bridgehead atoms. The molecular weight excluding hydrogens is 385 g/mol. The van der Waals surface area contributed by atoms with E-state index in [4.69, 9.17) is 27.9 Å². The van der Waals surface area contributed by atoms with Gasteiger partial charge in [-0.3, -0.25) is 9.10 Å². The van der Waals surface area contributed by atoms with Gasteiger partial charge < -0.3 is 4.74 Å². The number of esters is 1. The maximum Gasteiger partial charge on any atom is 0.327 e. The second-order valence-corrected chi connectivity index (χ2v) is 8.11. The summed E-state index contributed by atoms with van der Waals surface area (Å²) < 4.78 is 32.1. The molecule has 0 unspecified atom stereocenters. The van der Waals surface area contributed by atoms with Crippen molar-refractivity contribution in [3.05, 3.63) is 58.6 Å². The number of nitrogens with zero attached hydrogens (tertiary/aromatic N) is 1. The molecule has 0 saturated carbocycles. The average molecular weight is 402 g/mol. The van der Waals surface area contributed by atoms with E-state index >= 15 is 0 Å². The second kappa shape index (κ2) is 8.08. The van der Waals surface area contributed by atoms with Crippen molar-refractivity contribution < 1.29 is 17.9 Å². The van der Waals surface area contributed by atoms with Crippen molar-refractivity contribution in [2.45, 2.75) is 24.8 Å². The lowest BCUT2D eigenvalue weighted by atomic mass is 10.3. The van der Waals surface area contributed by atoms with Gasteiger partial charge in [0.1, 0.15) is 6.54 Å². The molecule has 0 radical (unpaired) electrons. The summed E-state index contributed by atoms with van der Waals surface area (Å²) in [5, 5.41) is 0.230. The summed E-state index contributed by atoms with van der Waals surface area (Å²) in [5.41, 5.74) is 0.0374. The largest absolute Gasteiger partial charge is 0.462 e. The Morgan fingerprint density at radius 2 is 1.60 bits per heavy atom. The standard InChI is InChI=1S/C17H17Cl2NO4S/c1-12(2)24-16(21)11-20(17-14(18)9-6-10-15(17)19)25(22,23)13-7-4-3-5-8-13/h3-10,12H,11H2,1-2H3. The van der Waals surface area contributed by atoms with Gasteiger partial charge >= 0.3 is 5.97 Å². The third-order valence-corrected chi connectivity index (χ3v) is 5.53. The lowest BCUT2D eigenvalue weighted by Crippen LogP contribution is -2.37. The van der Waals surface area contributed by atoms with Crippen LogP contribution in [0.5, 0.6) is 0 Å². The van der Waals surface area contributed by atoms with Crippen molar-refractivity contribution in [2.24, 2.45) is 0 Å². The van der Waals surface area contributed by atoms with E-state index < -0.39 is 22.5 Å². The Hall–Kier alpha value is -1.76. The van der Waals surface area contributed by atoms with Crippen LogP contribution in [-0.2, 0) is 19.6 Å². The predicted molar refractivity (Wildman–Crippen MR) is 98.7 cm³/mol. The molecule has 5 nitrogen and oxygen atoms in total. The summed E-state index contributed by atoms with van der Waals surface area (Å²) in [6.07, 6.45) is -0.379. The number of rotatable bonds is 6. The van der Waals surface area contributed by atoms with Crippen molar-refractivity contribution in [3.63, 3.8) is 0 Å². The molecule has 0 aliphatic rings. The number of anilines is 1. The summed E-state index contributed by atoms with van der Waals surface area (Å²) in [6, 6.07) is 12.3. The fourth-order valence-corrected chi connectivity index (χ4v) is 4.32. The van der Waals surface area contributed by atoms with Gasteiger partial charge in [0.05, 0.1) is 26.7 Å². The van der Waals surface area contributed by atoms with Crippen molar-refractivity contribution in [1.82, 2.24) is 0 Å². The quantitative estimate of drug-likeness (QED) is 0.682. The van der Waals surface area contributed by atoms with Gasteiger partial charge in [-0.05, 0) is 38.1 Å². The Morgan fingerprint density at radius 3 is 2.12 bits per heavy atom. The number of ether oxygens (including phenoxy) is 1. The van der Waals surface area contributed by atoms with Gasteiger partial charge in [0.25, 0.3) is 10.0 Å². The third kappa shape index (κ3) is 4.66. The highest BCUT2D eigenvalue weighted by Crippen LogP contribution is 2.36. The van der Waals surface area contributed by atoms with Crippen LogP contribution in [0, 0.1) is 0 Å². The topological polar surface area (TPSA) is 63.7 Å². The van der Waals surface area contributed by atoms with E-state index in [2.05, 4.69) is 0 Å². The zero-order chi connectivity index (χ0) is 18.6. The SMILES string of the molecule is CC(C)OC(=O)CN(c1c(Cl)cccc1Cl)S(=O)(=O)c1ccccc1. The number of hydrogen-bond acceptors (Lipinski definition) is 4. The first-order chi connectivity index (χ1) is 11.7. The molecule has 0 heterocycles. The molecule has 2 rings (SSSR count). The number of para-hydroxylation sites is 1. The number of hydrogen-bond donors (Lipinski definition) is 0. The summed E-state index contributed by atoms with van der Waals surface area (Å²) in [7, 11) is -4.07. The molecule has 25 heavy (non-hydrogen) atoms. The Bertz CT molecular complexity index is 834. The van der Waals surface area contributed by atoms with Crippen LogP contribution >= 0.6 is 23.2 Å². The molecule has 0 fully saturated rings. The molecule has 0 aromatic heterocycles. The van der Waals surface area contributed by atoms with Crippen molar-refractivity contribution in [3.8, 4) is 0 Å². The van der Waals surface area contributed by atoms with E-state index in [0.29, 0.717) is 0 Å². The number of sulfonamides is 1. The highest BCUT2D eigenvalue weighted by atomic mass is 35.5. The Labute approximate surface area is 157 Å². The smallest absolute Gasteiger partial charge is 0.327 e. The van der Waals surface area contributed by atoms with Gasteiger partial charge in [-0.2, -0.15) is 0 Å². The van der Waals surface area contributed by atoms with Crippen LogP contribution in [-0.4, -0.2) is 27.0 Å². The first kappa shape index (κ1) is 19.6. The van der Waals surface area contributed by atoms with Crippen LogP contribution < -0.4 is 4.31 Å². The molecule has 0 spiro atoms. The normalized spacial score (nSPS) is 11.4. The average Bonchev–Trinajstić information content (AvgIpc) is 2.53. The number of carbonyl (C=O) groups excluding carboxylic acids is 1. The van der Waals surface area contributed by atoms with Crippen LogP contribution in [0.2, 0.25) is 10.0 Å². The van der Waals surface area contributed by atoms with Gasteiger partial charge in [0, 0.05) is 0 Å². The molecular formula is C17H17Cl2NO4S. The fourth-order valence-electron chi connectivity index (χ4n) is 2.15. The summed E-state index contributed by atoms with van der Waals surface area (Å²) in [6.45, 7) is 2.81. The third-order valence-electron chi connectivity index (χ3n) is 3.16. The van der Waals surface area contributed by atoms with Crippen LogP contribution in [0.3, 0.4) is 0 Å². The van der Waals surface area contributed by atoms with Gasteiger partial charge in [0.15, 0.2) is 0 Å². The molecule has 8 heteroatoms. The van der Waals surface area contributed by atoms with Crippen LogP contribution in [0.1, 0.15) is 13.8 Å². The van der Waals surface area contributed by atoms with Crippen molar-refractivity contribution >= 4 is 44.9 Å². The lowest BCUT2D eigenvalue weighted by molar-refractivity contribution is -0.145. The van der Waals surface area contributed by atoms with E-state index in [0.717, 1.165) is 4.31 Å². The molecule has 134 valence electrons. The van der Waals surface area contributed by atoms with Crippen LogP contribution in [0.15, 0.2) is 53.4 Å². The van der Waals surface area contributed by atoms with E-state index in [1.807, 2.05) is 0 Å². The highest BCUT2D eigenvalue weighted by molar-refractivity contribution is 7.92. The molecule has 0 saturated heterocycles. The Balaban J connectivity index is 2.55. The van der Waals surface area contributed by atoms with E-state index in [1.165, 1.54) is 24.3 Å². The molecule has 0 aliphatic heterocycles. The Morgan fingerprint density at radius 1 is 1.04 bits per heavy atom. The minimum absolute atomic E-state index is 0.0170. The van der Waals surface area contributed by atoms with E-state index in [9.17, 15) is 13.2 Å². The van der Waals surface area contributed by atoms with Gasteiger partial charge in [-0.25, -0.2) is 8.42 Å². The minimum Gasteiger partial charge on any atom is -0.462 e. The minimum atomic E-state index is -4.07. The Kier molecular flexibility index (Phi) is 6.32. The van der Waals surface area contributed by atoms with Gasteiger partial charge in [0.2, 0.25) is 0 Å². The summed E-state index contributed by atoms with van der Waals surface area (Å²) >= 11 is 12.3. The highest BCUT2D eigenvalue weighted by Gasteiger charge is 2.31. The monoisotopic (exact) mass is 401 g/mol. The zero-order valence-electron chi connectivity index (χ0n) is 13.6. The van der Waals surface area contributed by atoms with Gasteiger partial charge in [-0.1, -0.05) is 47.5 Å². The molecule has 0 aliphatic carbocycles. The number of carbonyl (C=O) groups is 1. The fraction of sp³-hybridized carbons (Fsp3) is 0.235. The number of benzene rings is 2. The predicted octanol–water partition coefficient (Wildman–Crippen LogP) is 4.14. The second-order valence-electron chi connectivity index (χ2n) is 5.43. The molecule has 0 atom stereocenters. The first-order valence-corrected chi connectivity index (χ1v) is 9.64. The molecule has 0 N–H and O–H groups in total. The molecule has 0 amide bonds. The van der Waals surface area contributed by atoms with Crippen LogP contribution in [0.4, 0.5) is 5.69 Å². The van der Waals surface area contributed by atoms with Crippen molar-refractivity contribution in [2.75, 3.05) is 10.8 Å². The molecule has 2 aromatic carbocycles. The van der Waals surface area contributed by atoms with E-state index in [-0.39, 0.29) is 26.7 Å². The van der Waals surface area contributed by atoms with Crippen molar-refractivity contribution in [1.29, 1.82) is 0 Å². The summed E-state index contributed by atoms with van der Waals surface area (Å²) in [5.74, 6) is -0.703. The lowest BCUT2D eigenvalue weighted by Gasteiger charge is -2.25. The van der Waals surface area contributed by atoms with Crippen LogP contribution in [0.25, 0.3) is 0 Å². The van der Waals surface area contributed by atoms with Gasteiger partial charge in [-0.15, -0.1) is 0 Å². The number of halogens is 2. The van der Waals surface area contributed by atoms with E-state index in [1.54, 1.807) is 38.1 Å². The summed E-state index contributed by atoms with van der Waals surface area (Å²) in [4.78, 5) is 12.1. The maximum atomic E-state index is 13.1. The zero-order valence-corrected chi connectivity index (χ0v) is 16.0. The molecule has 2 aromatic rings.